The molecule has 0 bridgehead atoms. The summed E-state index contributed by atoms with van der Waals surface area (Å²) in [5.41, 5.74) is 2.21. The molecule has 0 saturated carbocycles. The Labute approximate surface area is 155 Å². The Bertz CT molecular complexity index is 991. The second kappa shape index (κ2) is 7.90. The standard InChI is InChI=1S/C20H18F2N4O/c1-12-5-3-4-6-14(12)11-23-19-10-18(24-13(2)25-19)20(27)26-17-8-7-15(21)9-16(17)22/h3-10H,11H2,1-2H3,(H,26,27)(H,23,24,25). The quantitative estimate of drug-likeness (QED) is 0.707. The van der Waals surface area contributed by atoms with Gasteiger partial charge in [0, 0.05) is 18.7 Å². The molecule has 3 rings (SSSR count). The lowest BCUT2D eigenvalue weighted by molar-refractivity contribution is 0.102. The van der Waals surface area contributed by atoms with E-state index >= 15 is 0 Å². The minimum Gasteiger partial charge on any atom is -0.366 e. The third-order valence-corrected chi connectivity index (χ3v) is 3.97. The summed E-state index contributed by atoms with van der Waals surface area (Å²) in [5.74, 6) is -1.30. The minimum absolute atomic E-state index is 0.0820. The van der Waals surface area contributed by atoms with Crippen molar-refractivity contribution >= 4 is 17.4 Å². The van der Waals surface area contributed by atoms with E-state index < -0.39 is 17.5 Å². The fraction of sp³-hybridized carbons (Fsp3) is 0.150. The molecule has 2 N–H and O–H groups in total. The van der Waals surface area contributed by atoms with Crippen molar-refractivity contribution in [2.75, 3.05) is 10.6 Å². The maximum absolute atomic E-state index is 13.7. The molecule has 7 heteroatoms. The highest BCUT2D eigenvalue weighted by Crippen LogP contribution is 2.17. The monoisotopic (exact) mass is 368 g/mol. The summed E-state index contributed by atoms with van der Waals surface area (Å²) in [6.45, 7) is 4.21. The van der Waals surface area contributed by atoms with Gasteiger partial charge in [0.05, 0.1) is 5.69 Å². The number of benzene rings is 2. The fourth-order valence-corrected chi connectivity index (χ4v) is 2.55. The number of amides is 1. The van der Waals surface area contributed by atoms with Crippen LogP contribution in [0.2, 0.25) is 0 Å². The van der Waals surface area contributed by atoms with Crippen LogP contribution in [0.25, 0.3) is 0 Å². The largest absolute Gasteiger partial charge is 0.366 e. The molecule has 0 atom stereocenters. The third kappa shape index (κ3) is 4.63. The highest BCUT2D eigenvalue weighted by atomic mass is 19.1. The summed E-state index contributed by atoms with van der Waals surface area (Å²) in [5, 5.41) is 5.56. The van der Waals surface area contributed by atoms with Crippen molar-refractivity contribution in [2.45, 2.75) is 20.4 Å². The maximum atomic E-state index is 13.7. The molecule has 138 valence electrons. The lowest BCUT2D eigenvalue weighted by Crippen LogP contribution is -2.16. The van der Waals surface area contributed by atoms with Gasteiger partial charge in [-0.2, -0.15) is 0 Å². The van der Waals surface area contributed by atoms with E-state index in [1.165, 1.54) is 6.07 Å². The van der Waals surface area contributed by atoms with E-state index in [2.05, 4.69) is 20.6 Å². The van der Waals surface area contributed by atoms with Crippen LogP contribution in [-0.2, 0) is 6.54 Å². The van der Waals surface area contributed by atoms with Crippen molar-refractivity contribution in [1.82, 2.24) is 9.97 Å². The smallest absolute Gasteiger partial charge is 0.274 e. The van der Waals surface area contributed by atoms with Gasteiger partial charge in [-0.3, -0.25) is 4.79 Å². The van der Waals surface area contributed by atoms with E-state index in [-0.39, 0.29) is 11.4 Å². The molecule has 5 nitrogen and oxygen atoms in total. The van der Waals surface area contributed by atoms with E-state index in [1.54, 1.807) is 6.92 Å². The maximum Gasteiger partial charge on any atom is 0.274 e. The van der Waals surface area contributed by atoms with Crippen molar-refractivity contribution in [2.24, 2.45) is 0 Å². The Balaban J connectivity index is 1.76. The van der Waals surface area contributed by atoms with Gasteiger partial charge in [-0.25, -0.2) is 18.7 Å². The van der Waals surface area contributed by atoms with Gasteiger partial charge >= 0.3 is 0 Å². The number of carbonyl (C=O) groups excluding carboxylic acids is 1. The first-order valence-corrected chi connectivity index (χ1v) is 8.33. The Morgan fingerprint density at radius 2 is 1.81 bits per heavy atom. The van der Waals surface area contributed by atoms with Crippen LogP contribution < -0.4 is 10.6 Å². The molecule has 0 fully saturated rings. The molecule has 2 aromatic carbocycles. The van der Waals surface area contributed by atoms with Gasteiger partial charge in [-0.1, -0.05) is 24.3 Å². The number of nitrogens with one attached hydrogen (secondary N) is 2. The van der Waals surface area contributed by atoms with Gasteiger partial charge in [0.1, 0.15) is 29.0 Å². The van der Waals surface area contributed by atoms with Gasteiger partial charge in [0.25, 0.3) is 5.91 Å². The summed E-state index contributed by atoms with van der Waals surface area (Å²) in [6.07, 6.45) is 0. The molecule has 1 heterocycles. The first-order chi connectivity index (χ1) is 12.9. The highest BCUT2D eigenvalue weighted by Gasteiger charge is 2.13. The van der Waals surface area contributed by atoms with E-state index in [0.29, 0.717) is 24.3 Å². The average molecular weight is 368 g/mol. The second-order valence-corrected chi connectivity index (χ2v) is 6.04. The minimum atomic E-state index is -0.855. The first kappa shape index (κ1) is 18.4. The fourth-order valence-electron chi connectivity index (χ4n) is 2.55. The summed E-state index contributed by atoms with van der Waals surface area (Å²) in [7, 11) is 0. The van der Waals surface area contributed by atoms with Crippen molar-refractivity contribution < 1.29 is 13.6 Å². The third-order valence-electron chi connectivity index (χ3n) is 3.97. The molecule has 0 unspecified atom stereocenters. The van der Waals surface area contributed by atoms with Gasteiger partial charge in [-0.05, 0) is 37.1 Å². The number of nitrogens with zero attached hydrogens (tertiary/aromatic N) is 2. The van der Waals surface area contributed by atoms with Gasteiger partial charge in [0.15, 0.2) is 0 Å². The number of hydrogen-bond acceptors (Lipinski definition) is 4. The molecular formula is C20H18F2N4O. The zero-order chi connectivity index (χ0) is 19.4. The molecule has 1 amide bonds. The van der Waals surface area contributed by atoms with Crippen LogP contribution >= 0.6 is 0 Å². The van der Waals surface area contributed by atoms with Gasteiger partial charge in [0.2, 0.25) is 0 Å². The van der Waals surface area contributed by atoms with E-state index in [0.717, 1.165) is 23.3 Å². The molecule has 0 aliphatic carbocycles. The Hall–Kier alpha value is -3.35. The molecule has 0 aliphatic heterocycles. The Morgan fingerprint density at radius 1 is 1.04 bits per heavy atom. The van der Waals surface area contributed by atoms with E-state index in [9.17, 15) is 13.6 Å². The number of carbonyl (C=O) groups is 1. The van der Waals surface area contributed by atoms with E-state index in [1.807, 2.05) is 31.2 Å². The molecule has 27 heavy (non-hydrogen) atoms. The summed E-state index contributed by atoms with van der Waals surface area (Å²) >= 11 is 0. The normalized spacial score (nSPS) is 10.5. The number of aryl methyl sites for hydroxylation is 2. The van der Waals surface area contributed by atoms with Crippen LogP contribution in [-0.4, -0.2) is 15.9 Å². The number of aromatic nitrogens is 2. The molecule has 0 aliphatic rings. The van der Waals surface area contributed by atoms with Crippen LogP contribution in [0.5, 0.6) is 0 Å². The highest BCUT2D eigenvalue weighted by molar-refractivity contribution is 6.03. The lowest BCUT2D eigenvalue weighted by atomic mass is 10.1. The van der Waals surface area contributed by atoms with E-state index in [4.69, 9.17) is 0 Å². The first-order valence-electron chi connectivity index (χ1n) is 8.33. The van der Waals surface area contributed by atoms with Gasteiger partial charge in [-0.15, -0.1) is 0 Å². The lowest BCUT2D eigenvalue weighted by Gasteiger charge is -2.11. The van der Waals surface area contributed by atoms with Crippen LogP contribution in [0.15, 0.2) is 48.5 Å². The Morgan fingerprint density at radius 3 is 2.56 bits per heavy atom. The van der Waals surface area contributed by atoms with Crippen LogP contribution in [0.4, 0.5) is 20.3 Å². The topological polar surface area (TPSA) is 66.9 Å². The van der Waals surface area contributed by atoms with Crippen LogP contribution in [0, 0.1) is 25.5 Å². The number of halogens is 2. The molecule has 1 aromatic heterocycles. The van der Waals surface area contributed by atoms with Crippen molar-refractivity contribution in [3.8, 4) is 0 Å². The second-order valence-electron chi connectivity index (χ2n) is 6.04. The molecule has 0 radical (unpaired) electrons. The SMILES string of the molecule is Cc1nc(NCc2ccccc2C)cc(C(=O)Nc2ccc(F)cc2F)n1. The van der Waals surface area contributed by atoms with Crippen LogP contribution in [0.1, 0.15) is 27.4 Å². The molecule has 0 spiro atoms. The summed E-state index contributed by atoms with van der Waals surface area (Å²) in [6, 6.07) is 12.3. The van der Waals surface area contributed by atoms with Crippen LogP contribution in [0.3, 0.4) is 0 Å². The summed E-state index contributed by atoms with van der Waals surface area (Å²) in [4.78, 5) is 20.8. The predicted octanol–water partition coefficient (Wildman–Crippen LogP) is 4.24. The number of rotatable bonds is 5. The number of hydrogen-bond donors (Lipinski definition) is 2. The van der Waals surface area contributed by atoms with Crippen molar-refractivity contribution in [1.29, 1.82) is 0 Å². The molecule has 3 aromatic rings. The predicted molar refractivity (Wildman–Crippen MR) is 99.6 cm³/mol. The zero-order valence-electron chi connectivity index (χ0n) is 14.9. The number of anilines is 2. The summed E-state index contributed by atoms with van der Waals surface area (Å²) < 4.78 is 26.7. The Kier molecular flexibility index (Phi) is 5.40. The molecular weight excluding hydrogens is 350 g/mol. The van der Waals surface area contributed by atoms with Crippen molar-refractivity contribution in [3.63, 3.8) is 0 Å². The van der Waals surface area contributed by atoms with Gasteiger partial charge < -0.3 is 10.6 Å². The zero-order valence-corrected chi connectivity index (χ0v) is 14.9. The van der Waals surface area contributed by atoms with Crippen molar-refractivity contribution in [3.05, 3.63) is 82.8 Å². The average Bonchev–Trinajstić information content (AvgIpc) is 2.63. The molecule has 0 saturated heterocycles.